The van der Waals surface area contributed by atoms with E-state index in [1.807, 2.05) is 0 Å². The van der Waals surface area contributed by atoms with Gasteiger partial charge in [0.05, 0.1) is 21.2 Å². The number of amides is 2. The predicted octanol–water partition coefficient (Wildman–Crippen LogP) is 6.80. The molecule has 0 saturated carbocycles. The van der Waals surface area contributed by atoms with Crippen LogP contribution in [0.15, 0.2) is 49.1 Å². The second-order valence-corrected chi connectivity index (χ2v) is 7.25. The van der Waals surface area contributed by atoms with Gasteiger partial charge in [0.1, 0.15) is 5.92 Å². The lowest BCUT2D eigenvalue weighted by Gasteiger charge is -2.17. The van der Waals surface area contributed by atoms with Gasteiger partial charge in [0.25, 0.3) is 0 Å². The van der Waals surface area contributed by atoms with Crippen LogP contribution in [-0.2, 0) is 21.9 Å². The minimum Gasteiger partial charge on any atom is -0.325 e. The van der Waals surface area contributed by atoms with Gasteiger partial charge in [-0.25, -0.2) is 0 Å². The molecule has 2 aromatic carbocycles. The number of alkyl halides is 6. The van der Waals surface area contributed by atoms with Gasteiger partial charge in [-0.3, -0.25) is 9.59 Å². The smallest absolute Gasteiger partial charge is 0.325 e. The molecular formula is C20H14Cl2F6N2O2. The van der Waals surface area contributed by atoms with E-state index in [1.165, 1.54) is 6.08 Å². The Morgan fingerprint density at radius 1 is 0.844 bits per heavy atom. The van der Waals surface area contributed by atoms with Crippen molar-refractivity contribution >= 4 is 46.4 Å². The van der Waals surface area contributed by atoms with Crippen molar-refractivity contribution in [3.63, 3.8) is 0 Å². The third kappa shape index (κ3) is 6.39. The molecule has 2 rings (SSSR count). The molecule has 0 atom stereocenters. The Balaban J connectivity index is 2.24. The molecule has 0 radical (unpaired) electrons. The third-order valence-corrected chi connectivity index (χ3v) is 4.77. The summed E-state index contributed by atoms with van der Waals surface area (Å²) in [5, 5.41) is 3.17. The zero-order valence-corrected chi connectivity index (χ0v) is 17.4. The monoisotopic (exact) mass is 498 g/mol. The highest BCUT2D eigenvalue weighted by atomic mass is 35.5. The fourth-order valence-electron chi connectivity index (χ4n) is 2.60. The van der Waals surface area contributed by atoms with Crippen molar-refractivity contribution in [3.05, 3.63) is 70.2 Å². The van der Waals surface area contributed by atoms with Crippen molar-refractivity contribution in [3.8, 4) is 0 Å². The number of carbonyl (C=O) groups excluding carboxylic acids is 2. The van der Waals surface area contributed by atoms with Gasteiger partial charge in [0, 0.05) is 11.4 Å². The SMILES string of the molecule is C=CCC(C(=O)Nc1ccc(Cl)c(C(F)(F)F)c1)C(=O)Nc1ccc(Cl)c(C(F)(F)F)c1. The molecule has 172 valence electrons. The first kappa shape index (κ1) is 25.5. The van der Waals surface area contributed by atoms with Gasteiger partial charge < -0.3 is 10.6 Å². The molecule has 2 N–H and O–H groups in total. The highest BCUT2D eigenvalue weighted by Crippen LogP contribution is 2.37. The molecule has 0 fully saturated rings. The molecule has 0 spiro atoms. The molecule has 0 unspecified atom stereocenters. The summed E-state index contributed by atoms with van der Waals surface area (Å²) in [6, 6.07) is 5.25. The van der Waals surface area contributed by atoms with Gasteiger partial charge >= 0.3 is 12.4 Å². The Labute approximate surface area is 188 Å². The van der Waals surface area contributed by atoms with E-state index < -0.39 is 51.3 Å². The minimum absolute atomic E-state index is 0.239. The van der Waals surface area contributed by atoms with E-state index in [1.54, 1.807) is 0 Å². The van der Waals surface area contributed by atoms with Gasteiger partial charge in [0.2, 0.25) is 11.8 Å². The molecule has 0 saturated heterocycles. The number of hydrogen-bond acceptors (Lipinski definition) is 2. The van der Waals surface area contributed by atoms with E-state index in [9.17, 15) is 35.9 Å². The highest BCUT2D eigenvalue weighted by Gasteiger charge is 2.35. The summed E-state index contributed by atoms with van der Waals surface area (Å²) < 4.78 is 78.0. The molecule has 2 amide bonds. The summed E-state index contributed by atoms with van der Waals surface area (Å²) in [5.74, 6) is -3.49. The predicted molar refractivity (Wildman–Crippen MR) is 108 cm³/mol. The van der Waals surface area contributed by atoms with Crippen LogP contribution in [0.2, 0.25) is 10.0 Å². The van der Waals surface area contributed by atoms with Crippen LogP contribution < -0.4 is 10.6 Å². The van der Waals surface area contributed by atoms with Crippen molar-refractivity contribution in [1.29, 1.82) is 0 Å². The lowest BCUT2D eigenvalue weighted by molar-refractivity contribution is -0.138. The zero-order valence-electron chi connectivity index (χ0n) is 15.9. The molecule has 2 aromatic rings. The average molecular weight is 499 g/mol. The zero-order chi connectivity index (χ0) is 24.3. The summed E-state index contributed by atoms with van der Waals surface area (Å²) in [7, 11) is 0. The molecule has 0 aliphatic heterocycles. The number of rotatable bonds is 6. The van der Waals surface area contributed by atoms with Crippen molar-refractivity contribution in [2.24, 2.45) is 5.92 Å². The van der Waals surface area contributed by atoms with E-state index in [4.69, 9.17) is 23.2 Å². The molecule has 0 aliphatic carbocycles. The number of allylic oxidation sites excluding steroid dienone is 1. The number of nitrogens with one attached hydrogen (secondary N) is 2. The van der Waals surface area contributed by atoms with Crippen LogP contribution in [0, 0.1) is 5.92 Å². The lowest BCUT2D eigenvalue weighted by atomic mass is 10.0. The fourth-order valence-corrected chi connectivity index (χ4v) is 3.05. The largest absolute Gasteiger partial charge is 0.417 e. The van der Waals surface area contributed by atoms with E-state index >= 15 is 0 Å². The standard InChI is InChI=1S/C20H14Cl2F6N2O2/c1-2-3-12(17(31)29-10-4-6-15(21)13(8-10)19(23,24)25)18(32)30-11-5-7-16(22)14(9-11)20(26,27)28/h2,4-9,12H,1,3H2,(H,29,31)(H,30,32). The first-order chi connectivity index (χ1) is 14.7. The van der Waals surface area contributed by atoms with Crippen LogP contribution in [-0.4, -0.2) is 11.8 Å². The number of hydrogen-bond donors (Lipinski definition) is 2. The summed E-state index contributed by atoms with van der Waals surface area (Å²) in [5.41, 5.74) is -2.94. The topological polar surface area (TPSA) is 58.2 Å². The summed E-state index contributed by atoms with van der Waals surface area (Å²) in [4.78, 5) is 25.1. The summed E-state index contributed by atoms with van der Waals surface area (Å²) >= 11 is 11.1. The van der Waals surface area contributed by atoms with Crippen LogP contribution in [0.5, 0.6) is 0 Å². The first-order valence-electron chi connectivity index (χ1n) is 8.70. The van der Waals surface area contributed by atoms with Crippen LogP contribution >= 0.6 is 23.2 Å². The molecule has 32 heavy (non-hydrogen) atoms. The summed E-state index contributed by atoms with van der Waals surface area (Å²) in [6.07, 6.45) is -8.59. The van der Waals surface area contributed by atoms with E-state index in [0.29, 0.717) is 12.1 Å². The molecule has 0 heterocycles. The van der Waals surface area contributed by atoms with Crippen LogP contribution in [0.1, 0.15) is 17.5 Å². The second-order valence-electron chi connectivity index (χ2n) is 6.44. The Bertz CT molecular complexity index is 960. The van der Waals surface area contributed by atoms with Crippen molar-refractivity contribution in [1.82, 2.24) is 0 Å². The molecule has 12 heteroatoms. The van der Waals surface area contributed by atoms with E-state index in [-0.39, 0.29) is 17.8 Å². The van der Waals surface area contributed by atoms with Crippen molar-refractivity contribution in [2.75, 3.05) is 10.6 Å². The van der Waals surface area contributed by atoms with Crippen molar-refractivity contribution < 1.29 is 35.9 Å². The fraction of sp³-hybridized carbons (Fsp3) is 0.200. The van der Waals surface area contributed by atoms with Gasteiger partial charge in [-0.05, 0) is 42.8 Å². The van der Waals surface area contributed by atoms with E-state index in [2.05, 4.69) is 17.2 Å². The minimum atomic E-state index is -4.78. The lowest BCUT2D eigenvalue weighted by Crippen LogP contribution is -2.33. The van der Waals surface area contributed by atoms with E-state index in [0.717, 1.165) is 24.3 Å². The van der Waals surface area contributed by atoms with Gasteiger partial charge in [0.15, 0.2) is 0 Å². The number of benzene rings is 2. The Hall–Kier alpha value is -2.72. The van der Waals surface area contributed by atoms with Crippen molar-refractivity contribution in [2.45, 2.75) is 18.8 Å². The van der Waals surface area contributed by atoms with Crippen LogP contribution in [0.4, 0.5) is 37.7 Å². The molecule has 0 aromatic heterocycles. The molecule has 0 bridgehead atoms. The maximum Gasteiger partial charge on any atom is 0.417 e. The molecular weight excluding hydrogens is 485 g/mol. The quantitative estimate of drug-likeness (QED) is 0.261. The van der Waals surface area contributed by atoms with Gasteiger partial charge in [-0.2, -0.15) is 26.3 Å². The maximum absolute atomic E-state index is 13.0. The average Bonchev–Trinajstić information content (AvgIpc) is 2.67. The third-order valence-electron chi connectivity index (χ3n) is 4.11. The second kappa shape index (κ2) is 9.83. The maximum atomic E-state index is 13.0. The van der Waals surface area contributed by atoms with Gasteiger partial charge in [-0.1, -0.05) is 29.3 Å². The van der Waals surface area contributed by atoms with Crippen LogP contribution in [0.3, 0.4) is 0 Å². The number of carbonyl (C=O) groups is 2. The van der Waals surface area contributed by atoms with Crippen LogP contribution in [0.25, 0.3) is 0 Å². The summed E-state index contributed by atoms with van der Waals surface area (Å²) in [6.45, 7) is 3.40. The Kier molecular flexibility index (Phi) is 7.84. The molecule has 4 nitrogen and oxygen atoms in total. The highest BCUT2D eigenvalue weighted by molar-refractivity contribution is 6.32. The Morgan fingerprint density at radius 2 is 1.22 bits per heavy atom. The number of anilines is 2. The Morgan fingerprint density at radius 3 is 1.53 bits per heavy atom. The first-order valence-corrected chi connectivity index (χ1v) is 9.45. The molecule has 0 aliphatic rings. The number of halogens is 8. The van der Waals surface area contributed by atoms with Gasteiger partial charge in [-0.15, -0.1) is 6.58 Å². The normalized spacial score (nSPS) is 11.9.